The molecule has 6 heteroatoms. The summed E-state index contributed by atoms with van der Waals surface area (Å²) >= 11 is 0. The molecule has 0 unspecified atom stereocenters. The van der Waals surface area contributed by atoms with Gasteiger partial charge in [-0.3, -0.25) is 14.5 Å². The molecule has 116 valence electrons. The monoisotopic (exact) mass is 310 g/mol. The third kappa shape index (κ3) is 3.60. The summed E-state index contributed by atoms with van der Waals surface area (Å²) in [6, 6.07) is 11.4. The number of benzene rings is 1. The second-order valence-electron chi connectivity index (χ2n) is 5.15. The predicted octanol–water partition coefficient (Wildman–Crippen LogP) is 3.03. The van der Waals surface area contributed by atoms with Gasteiger partial charge in [0.25, 0.3) is 5.91 Å². The highest BCUT2D eigenvalue weighted by Gasteiger charge is 2.10. The molecule has 0 saturated carbocycles. The molecule has 1 N–H and O–H groups in total. The molecule has 0 spiro atoms. The molecule has 1 aromatic carbocycles. The van der Waals surface area contributed by atoms with Gasteiger partial charge in [-0.15, -0.1) is 0 Å². The molecule has 2 aromatic heterocycles. The second kappa shape index (κ2) is 6.39. The fraction of sp³-hybridized carbons (Fsp3) is 0.118. The lowest BCUT2D eigenvalue weighted by Gasteiger charge is -2.04. The summed E-state index contributed by atoms with van der Waals surface area (Å²) in [5.41, 5.74) is 2.30. The van der Waals surface area contributed by atoms with Crippen molar-refractivity contribution >= 4 is 11.7 Å². The highest BCUT2D eigenvalue weighted by atomic mass is 19.1. The topological polar surface area (TPSA) is 59.8 Å². The van der Waals surface area contributed by atoms with Gasteiger partial charge in [0.05, 0.1) is 12.1 Å². The van der Waals surface area contributed by atoms with Crippen molar-refractivity contribution in [2.45, 2.75) is 13.5 Å². The maximum Gasteiger partial charge on any atom is 0.258 e. The lowest BCUT2D eigenvalue weighted by molar-refractivity contribution is 0.102. The molecular weight excluding hydrogens is 295 g/mol. The quantitative estimate of drug-likeness (QED) is 0.806. The van der Waals surface area contributed by atoms with Crippen molar-refractivity contribution in [1.82, 2.24) is 14.8 Å². The fourth-order valence-electron chi connectivity index (χ4n) is 2.18. The largest absolute Gasteiger partial charge is 0.305 e. The van der Waals surface area contributed by atoms with E-state index in [-0.39, 0.29) is 11.7 Å². The predicted molar refractivity (Wildman–Crippen MR) is 84.7 cm³/mol. The summed E-state index contributed by atoms with van der Waals surface area (Å²) in [5, 5.41) is 7.11. The van der Waals surface area contributed by atoms with Gasteiger partial charge in [0, 0.05) is 24.2 Å². The summed E-state index contributed by atoms with van der Waals surface area (Å²) in [6.07, 6.45) is 3.11. The minimum atomic E-state index is -0.268. The van der Waals surface area contributed by atoms with Gasteiger partial charge in [-0.05, 0) is 36.8 Å². The first-order valence-corrected chi connectivity index (χ1v) is 7.12. The Morgan fingerprint density at radius 2 is 2.04 bits per heavy atom. The number of rotatable bonds is 4. The van der Waals surface area contributed by atoms with Crippen molar-refractivity contribution in [3.63, 3.8) is 0 Å². The Morgan fingerprint density at radius 3 is 2.74 bits per heavy atom. The zero-order valence-electron chi connectivity index (χ0n) is 12.5. The van der Waals surface area contributed by atoms with E-state index in [1.807, 2.05) is 6.92 Å². The molecule has 0 fully saturated rings. The van der Waals surface area contributed by atoms with Crippen LogP contribution < -0.4 is 5.32 Å². The van der Waals surface area contributed by atoms with Gasteiger partial charge < -0.3 is 5.32 Å². The molecule has 3 aromatic rings. The average Bonchev–Trinajstić information content (AvgIpc) is 2.90. The Kier molecular flexibility index (Phi) is 4.14. The third-order valence-corrected chi connectivity index (χ3v) is 3.39. The molecule has 0 atom stereocenters. The normalized spacial score (nSPS) is 10.5. The van der Waals surface area contributed by atoms with Crippen molar-refractivity contribution in [2.75, 3.05) is 5.32 Å². The second-order valence-corrected chi connectivity index (χ2v) is 5.15. The molecule has 0 aliphatic carbocycles. The number of carbonyl (C=O) groups excluding carboxylic acids is 1. The molecule has 0 radical (unpaired) electrons. The van der Waals surface area contributed by atoms with Crippen LogP contribution in [0.4, 0.5) is 10.2 Å². The van der Waals surface area contributed by atoms with Gasteiger partial charge in [0.15, 0.2) is 5.82 Å². The Morgan fingerprint density at radius 1 is 1.26 bits per heavy atom. The number of anilines is 1. The molecule has 0 bridgehead atoms. The minimum absolute atomic E-state index is 0.260. The molecule has 0 aliphatic rings. The van der Waals surface area contributed by atoms with E-state index in [1.165, 1.54) is 18.3 Å². The number of pyridine rings is 1. The van der Waals surface area contributed by atoms with Crippen LogP contribution in [0.3, 0.4) is 0 Å². The van der Waals surface area contributed by atoms with Crippen LogP contribution in [0.5, 0.6) is 0 Å². The average molecular weight is 310 g/mol. The summed E-state index contributed by atoms with van der Waals surface area (Å²) in [6.45, 7) is 2.41. The molecule has 3 rings (SSSR count). The van der Waals surface area contributed by atoms with Crippen molar-refractivity contribution in [3.8, 4) is 0 Å². The van der Waals surface area contributed by atoms with Gasteiger partial charge in [0.2, 0.25) is 0 Å². The summed E-state index contributed by atoms with van der Waals surface area (Å²) in [5.74, 6) is -0.0571. The van der Waals surface area contributed by atoms with Gasteiger partial charge >= 0.3 is 0 Å². The number of carbonyl (C=O) groups is 1. The van der Waals surface area contributed by atoms with E-state index in [0.29, 0.717) is 17.9 Å². The molecule has 1 amide bonds. The van der Waals surface area contributed by atoms with Crippen molar-refractivity contribution in [3.05, 3.63) is 77.5 Å². The van der Waals surface area contributed by atoms with Gasteiger partial charge in [0.1, 0.15) is 5.82 Å². The van der Waals surface area contributed by atoms with E-state index in [9.17, 15) is 9.18 Å². The number of hydrogen-bond acceptors (Lipinski definition) is 3. The van der Waals surface area contributed by atoms with Gasteiger partial charge in [-0.2, -0.15) is 5.10 Å². The summed E-state index contributed by atoms with van der Waals surface area (Å²) in [7, 11) is 0. The number of hydrogen-bond donors (Lipinski definition) is 1. The lowest BCUT2D eigenvalue weighted by Crippen LogP contribution is -2.13. The lowest BCUT2D eigenvalue weighted by atomic mass is 10.2. The van der Waals surface area contributed by atoms with Crippen LogP contribution >= 0.6 is 0 Å². The standard InChI is InChI=1S/C17H15FN4O/c1-12-9-16(20-17(23)14-3-2-8-19-10-14)21-22(12)11-13-4-6-15(18)7-5-13/h2-10H,11H2,1H3,(H,20,21,23). The Hall–Kier alpha value is -3.02. The molecular formula is C17H15FN4O. The molecule has 0 aliphatic heterocycles. The molecule has 2 heterocycles. The van der Waals surface area contributed by atoms with Crippen LogP contribution in [0, 0.1) is 12.7 Å². The fourth-order valence-corrected chi connectivity index (χ4v) is 2.18. The van der Waals surface area contributed by atoms with Crippen LogP contribution in [0.25, 0.3) is 0 Å². The summed E-state index contributed by atoms with van der Waals surface area (Å²) in [4.78, 5) is 16.0. The number of halogens is 1. The van der Waals surface area contributed by atoms with Crippen LogP contribution in [0.15, 0.2) is 54.9 Å². The van der Waals surface area contributed by atoms with Gasteiger partial charge in [-0.25, -0.2) is 4.39 Å². The molecule has 0 saturated heterocycles. The number of nitrogens with zero attached hydrogens (tertiary/aromatic N) is 3. The van der Waals surface area contributed by atoms with Crippen LogP contribution in [0.2, 0.25) is 0 Å². The van der Waals surface area contributed by atoms with Crippen LogP contribution in [0.1, 0.15) is 21.6 Å². The highest BCUT2D eigenvalue weighted by Crippen LogP contribution is 2.13. The van der Waals surface area contributed by atoms with Crippen LogP contribution in [-0.2, 0) is 6.54 Å². The number of nitrogens with one attached hydrogen (secondary N) is 1. The first-order chi connectivity index (χ1) is 11.1. The smallest absolute Gasteiger partial charge is 0.258 e. The maximum absolute atomic E-state index is 12.9. The minimum Gasteiger partial charge on any atom is -0.305 e. The number of aromatic nitrogens is 3. The van der Waals surface area contributed by atoms with E-state index in [1.54, 1.807) is 41.2 Å². The van der Waals surface area contributed by atoms with E-state index in [2.05, 4.69) is 15.4 Å². The third-order valence-electron chi connectivity index (χ3n) is 3.39. The van der Waals surface area contributed by atoms with E-state index >= 15 is 0 Å². The number of aryl methyl sites for hydroxylation is 1. The van der Waals surface area contributed by atoms with E-state index < -0.39 is 0 Å². The Labute approximate surface area is 132 Å². The van der Waals surface area contributed by atoms with E-state index in [0.717, 1.165) is 11.3 Å². The maximum atomic E-state index is 12.9. The first kappa shape index (κ1) is 14.9. The van der Waals surface area contributed by atoms with E-state index in [4.69, 9.17) is 0 Å². The molecule has 5 nitrogen and oxygen atoms in total. The summed E-state index contributed by atoms with van der Waals surface area (Å²) < 4.78 is 14.7. The first-order valence-electron chi connectivity index (χ1n) is 7.12. The Balaban J connectivity index is 1.73. The highest BCUT2D eigenvalue weighted by molar-refractivity contribution is 6.03. The van der Waals surface area contributed by atoms with Crippen molar-refractivity contribution in [2.24, 2.45) is 0 Å². The number of amides is 1. The van der Waals surface area contributed by atoms with Gasteiger partial charge in [-0.1, -0.05) is 12.1 Å². The Bertz CT molecular complexity index is 812. The van der Waals surface area contributed by atoms with Crippen LogP contribution in [-0.4, -0.2) is 20.7 Å². The van der Waals surface area contributed by atoms with Crippen molar-refractivity contribution in [1.29, 1.82) is 0 Å². The molecule has 23 heavy (non-hydrogen) atoms. The van der Waals surface area contributed by atoms with Crippen molar-refractivity contribution < 1.29 is 9.18 Å². The SMILES string of the molecule is Cc1cc(NC(=O)c2cccnc2)nn1Cc1ccc(F)cc1. The zero-order valence-corrected chi connectivity index (χ0v) is 12.5. The zero-order chi connectivity index (χ0) is 16.2.